The molecule has 0 spiro atoms. The van der Waals surface area contributed by atoms with Gasteiger partial charge in [-0.15, -0.1) is 0 Å². The number of hydrogen-bond donors (Lipinski definition) is 0. The Labute approximate surface area is 85.0 Å². The lowest BCUT2D eigenvalue weighted by Crippen LogP contribution is -1.97. The van der Waals surface area contributed by atoms with E-state index in [0.717, 1.165) is 10.9 Å². The summed E-state index contributed by atoms with van der Waals surface area (Å²) >= 11 is 0. The van der Waals surface area contributed by atoms with Gasteiger partial charge in [0.15, 0.2) is 5.43 Å². The Kier molecular flexibility index (Phi) is 1.59. The van der Waals surface area contributed by atoms with Crippen molar-refractivity contribution < 1.29 is 4.42 Å². The summed E-state index contributed by atoms with van der Waals surface area (Å²) in [6.45, 7) is 0. The van der Waals surface area contributed by atoms with Crippen molar-refractivity contribution >= 4 is 21.9 Å². The van der Waals surface area contributed by atoms with Crippen LogP contribution in [0.5, 0.6) is 0 Å². The van der Waals surface area contributed by atoms with Crippen LogP contribution in [0.4, 0.5) is 0 Å². The second-order valence-corrected chi connectivity index (χ2v) is 3.30. The van der Waals surface area contributed by atoms with Gasteiger partial charge in [0.2, 0.25) is 0 Å². The van der Waals surface area contributed by atoms with Crippen molar-refractivity contribution in [3.63, 3.8) is 0 Å². The van der Waals surface area contributed by atoms with Crippen LogP contribution in [0.3, 0.4) is 0 Å². The standard InChI is InChI=1S/C12H7NO2/c14-11-5-7-15-12-8-2-1-6-13-10(8)4-3-9(11)12/h1-7H. The normalized spacial score (nSPS) is 10.9. The molecule has 0 unspecified atom stereocenters. The fourth-order valence-electron chi connectivity index (χ4n) is 1.70. The van der Waals surface area contributed by atoms with Crippen LogP contribution in [-0.2, 0) is 0 Å². The third-order valence-electron chi connectivity index (χ3n) is 2.41. The summed E-state index contributed by atoms with van der Waals surface area (Å²) < 4.78 is 5.37. The molecular formula is C12H7NO2. The molecule has 0 amide bonds. The first-order valence-electron chi connectivity index (χ1n) is 4.61. The van der Waals surface area contributed by atoms with Gasteiger partial charge in [0.1, 0.15) is 5.58 Å². The van der Waals surface area contributed by atoms with E-state index in [1.807, 2.05) is 18.2 Å². The van der Waals surface area contributed by atoms with Crippen molar-refractivity contribution in [1.29, 1.82) is 0 Å². The van der Waals surface area contributed by atoms with Crippen molar-refractivity contribution in [3.8, 4) is 0 Å². The summed E-state index contributed by atoms with van der Waals surface area (Å²) in [6, 6.07) is 8.72. The average Bonchev–Trinajstić information content (AvgIpc) is 2.29. The highest BCUT2D eigenvalue weighted by Crippen LogP contribution is 2.20. The quantitative estimate of drug-likeness (QED) is 0.519. The lowest BCUT2D eigenvalue weighted by Gasteiger charge is -1.99. The van der Waals surface area contributed by atoms with Crippen LogP contribution >= 0.6 is 0 Å². The van der Waals surface area contributed by atoms with E-state index in [-0.39, 0.29) is 5.43 Å². The van der Waals surface area contributed by atoms with Gasteiger partial charge in [-0.25, -0.2) is 0 Å². The lowest BCUT2D eigenvalue weighted by molar-refractivity contribution is 0.606. The molecule has 3 aromatic rings. The Balaban J connectivity index is 2.67. The summed E-state index contributed by atoms with van der Waals surface area (Å²) in [5, 5.41) is 1.46. The fraction of sp³-hybridized carbons (Fsp3) is 0. The molecule has 72 valence electrons. The Morgan fingerprint density at radius 3 is 2.93 bits per heavy atom. The number of hydrogen-bond acceptors (Lipinski definition) is 3. The van der Waals surface area contributed by atoms with Crippen LogP contribution in [0.15, 0.2) is 52.0 Å². The molecule has 3 heteroatoms. The van der Waals surface area contributed by atoms with E-state index < -0.39 is 0 Å². The smallest absolute Gasteiger partial charge is 0.192 e. The zero-order valence-electron chi connectivity index (χ0n) is 7.81. The molecule has 0 aliphatic rings. The highest BCUT2D eigenvalue weighted by molar-refractivity contribution is 6.01. The van der Waals surface area contributed by atoms with Crippen LogP contribution in [-0.4, -0.2) is 4.98 Å². The third kappa shape index (κ3) is 1.13. The molecule has 0 radical (unpaired) electrons. The first-order chi connectivity index (χ1) is 7.36. The Hall–Kier alpha value is -2.16. The predicted molar refractivity (Wildman–Crippen MR) is 57.8 cm³/mol. The van der Waals surface area contributed by atoms with Crippen molar-refractivity contribution in [3.05, 3.63) is 53.0 Å². The molecule has 0 N–H and O–H groups in total. The zero-order chi connectivity index (χ0) is 10.3. The van der Waals surface area contributed by atoms with Gasteiger partial charge in [0.05, 0.1) is 17.2 Å². The van der Waals surface area contributed by atoms with E-state index >= 15 is 0 Å². The number of aromatic nitrogens is 1. The van der Waals surface area contributed by atoms with Gasteiger partial charge >= 0.3 is 0 Å². The summed E-state index contributed by atoms with van der Waals surface area (Å²) in [6.07, 6.45) is 3.13. The second kappa shape index (κ2) is 2.92. The molecule has 2 aromatic heterocycles. The number of nitrogens with zero attached hydrogens (tertiary/aromatic N) is 1. The molecule has 0 aliphatic carbocycles. The summed E-state index contributed by atoms with van der Waals surface area (Å²) in [5.74, 6) is 0. The van der Waals surface area contributed by atoms with Crippen LogP contribution in [0, 0.1) is 0 Å². The molecule has 0 bridgehead atoms. The van der Waals surface area contributed by atoms with E-state index in [1.165, 1.54) is 12.3 Å². The minimum absolute atomic E-state index is 0.0259. The summed E-state index contributed by atoms with van der Waals surface area (Å²) in [4.78, 5) is 15.7. The van der Waals surface area contributed by atoms with Gasteiger partial charge < -0.3 is 4.42 Å². The number of fused-ring (bicyclic) bond motifs is 3. The second-order valence-electron chi connectivity index (χ2n) is 3.30. The minimum atomic E-state index is -0.0259. The van der Waals surface area contributed by atoms with Crippen LogP contribution < -0.4 is 5.43 Å². The third-order valence-corrected chi connectivity index (χ3v) is 2.41. The summed E-state index contributed by atoms with van der Waals surface area (Å²) in [7, 11) is 0. The molecule has 2 heterocycles. The molecule has 0 saturated heterocycles. The fourth-order valence-corrected chi connectivity index (χ4v) is 1.70. The largest absolute Gasteiger partial charge is 0.463 e. The van der Waals surface area contributed by atoms with Crippen LogP contribution in [0.2, 0.25) is 0 Å². The highest BCUT2D eigenvalue weighted by atomic mass is 16.3. The molecule has 0 atom stereocenters. The molecule has 3 rings (SSSR count). The average molecular weight is 197 g/mol. The first-order valence-corrected chi connectivity index (χ1v) is 4.61. The van der Waals surface area contributed by atoms with E-state index in [1.54, 1.807) is 12.3 Å². The minimum Gasteiger partial charge on any atom is -0.463 e. The van der Waals surface area contributed by atoms with Crippen molar-refractivity contribution in [2.24, 2.45) is 0 Å². The van der Waals surface area contributed by atoms with Gasteiger partial charge in [-0.1, -0.05) is 0 Å². The van der Waals surface area contributed by atoms with Gasteiger partial charge in [-0.05, 0) is 24.3 Å². The highest BCUT2D eigenvalue weighted by Gasteiger charge is 2.04. The van der Waals surface area contributed by atoms with Crippen LogP contribution in [0.25, 0.3) is 21.9 Å². The van der Waals surface area contributed by atoms with Gasteiger partial charge in [0, 0.05) is 17.6 Å². The summed E-state index contributed by atoms with van der Waals surface area (Å²) in [5.41, 5.74) is 1.41. The molecule has 0 fully saturated rings. The van der Waals surface area contributed by atoms with Gasteiger partial charge in [0.25, 0.3) is 0 Å². The Morgan fingerprint density at radius 2 is 2.00 bits per heavy atom. The van der Waals surface area contributed by atoms with E-state index in [0.29, 0.717) is 11.0 Å². The SMILES string of the molecule is O=c1ccoc2c1ccc1ncccc12. The Bertz CT molecular complexity index is 700. The predicted octanol–water partition coefficient (Wildman–Crippen LogP) is 2.34. The first kappa shape index (κ1) is 8.17. The maximum Gasteiger partial charge on any atom is 0.192 e. The molecule has 0 aliphatic heterocycles. The van der Waals surface area contributed by atoms with Crippen LogP contribution in [0.1, 0.15) is 0 Å². The Morgan fingerprint density at radius 1 is 1.07 bits per heavy atom. The van der Waals surface area contributed by atoms with Gasteiger partial charge in [-0.2, -0.15) is 0 Å². The van der Waals surface area contributed by atoms with E-state index in [4.69, 9.17) is 4.42 Å². The lowest BCUT2D eigenvalue weighted by atomic mass is 10.1. The monoisotopic (exact) mass is 197 g/mol. The maximum absolute atomic E-state index is 11.5. The zero-order valence-corrected chi connectivity index (χ0v) is 7.81. The molecular weight excluding hydrogens is 190 g/mol. The van der Waals surface area contributed by atoms with E-state index in [9.17, 15) is 4.79 Å². The number of rotatable bonds is 0. The number of pyridine rings is 1. The van der Waals surface area contributed by atoms with Crippen molar-refractivity contribution in [2.45, 2.75) is 0 Å². The molecule has 1 aromatic carbocycles. The number of benzene rings is 1. The van der Waals surface area contributed by atoms with Crippen molar-refractivity contribution in [1.82, 2.24) is 4.98 Å². The van der Waals surface area contributed by atoms with E-state index in [2.05, 4.69) is 4.98 Å². The van der Waals surface area contributed by atoms with Crippen molar-refractivity contribution in [2.75, 3.05) is 0 Å². The molecule has 15 heavy (non-hydrogen) atoms. The molecule has 3 nitrogen and oxygen atoms in total. The topological polar surface area (TPSA) is 43.1 Å². The van der Waals surface area contributed by atoms with Gasteiger partial charge in [-0.3, -0.25) is 9.78 Å². The maximum atomic E-state index is 11.5. The molecule has 0 saturated carbocycles.